The Morgan fingerprint density at radius 3 is 2.57 bits per heavy atom. The summed E-state index contributed by atoms with van der Waals surface area (Å²) < 4.78 is 52.3. The van der Waals surface area contributed by atoms with Gasteiger partial charge >= 0.3 is 6.18 Å². The Morgan fingerprint density at radius 2 is 1.86 bits per heavy atom. The topological polar surface area (TPSA) is 114 Å². The van der Waals surface area contributed by atoms with Crippen molar-refractivity contribution in [2.75, 3.05) is 48.9 Å². The first-order valence-corrected chi connectivity index (χ1v) is 14.3. The lowest BCUT2D eigenvalue weighted by molar-refractivity contribution is -0.137. The molecule has 2 aromatic heterocycles. The zero-order valence-electron chi connectivity index (χ0n) is 25.0. The number of hydrogen-bond acceptors (Lipinski definition) is 9. The first kappa shape index (κ1) is 30.9. The first-order chi connectivity index (χ1) is 21.0. The number of methoxy groups -OCH3 is 1. The normalized spacial score (nSPS) is 13.8. The number of morpholine rings is 1. The lowest BCUT2D eigenvalue weighted by Gasteiger charge is -2.26. The van der Waals surface area contributed by atoms with E-state index in [0.29, 0.717) is 73.2 Å². The molecule has 1 aliphatic heterocycles. The van der Waals surface area contributed by atoms with Gasteiger partial charge in [-0.25, -0.2) is 19.9 Å². The molecule has 0 unspecified atom stereocenters. The molecule has 232 valence electrons. The van der Waals surface area contributed by atoms with E-state index in [1.165, 1.54) is 13.4 Å². The van der Waals surface area contributed by atoms with Gasteiger partial charge < -0.3 is 25.0 Å². The van der Waals surface area contributed by atoms with Gasteiger partial charge in [0.25, 0.3) is 5.91 Å². The van der Waals surface area contributed by atoms with Crippen molar-refractivity contribution in [2.45, 2.75) is 39.8 Å². The van der Waals surface area contributed by atoms with E-state index in [1.54, 1.807) is 24.4 Å². The van der Waals surface area contributed by atoms with Crippen LogP contribution in [-0.4, -0.2) is 59.3 Å². The van der Waals surface area contributed by atoms with Crippen molar-refractivity contribution in [1.29, 1.82) is 0 Å². The maximum atomic E-state index is 13.8. The molecule has 0 saturated carbocycles. The number of carbonyl (C=O) groups excluding carboxylic acids is 1. The third-order valence-corrected chi connectivity index (χ3v) is 7.35. The van der Waals surface area contributed by atoms with Crippen molar-refractivity contribution < 1.29 is 27.4 Å². The minimum Gasteiger partial charge on any atom is -0.494 e. The smallest absolute Gasteiger partial charge is 0.416 e. The number of nitrogens with one attached hydrogen (secondary N) is 2. The van der Waals surface area contributed by atoms with Crippen LogP contribution in [0.15, 0.2) is 42.9 Å². The molecule has 1 amide bonds. The minimum atomic E-state index is -4.59. The molecule has 0 bridgehead atoms. The zero-order valence-corrected chi connectivity index (χ0v) is 25.0. The summed E-state index contributed by atoms with van der Waals surface area (Å²) in [5, 5.41) is 5.90. The Bertz CT molecular complexity index is 1660. The van der Waals surface area contributed by atoms with Gasteiger partial charge in [-0.1, -0.05) is 19.9 Å². The first-order valence-electron chi connectivity index (χ1n) is 14.3. The zero-order chi connectivity index (χ0) is 31.4. The molecular formula is C31H34F3N7O3. The van der Waals surface area contributed by atoms with Gasteiger partial charge in [0.05, 0.1) is 37.8 Å². The Morgan fingerprint density at radius 1 is 1.09 bits per heavy atom. The molecule has 0 aliphatic carbocycles. The largest absolute Gasteiger partial charge is 0.494 e. The van der Waals surface area contributed by atoms with Gasteiger partial charge in [-0.3, -0.25) is 4.79 Å². The van der Waals surface area contributed by atoms with Crippen LogP contribution in [0.5, 0.6) is 5.75 Å². The second-order valence-corrected chi connectivity index (χ2v) is 11.0. The van der Waals surface area contributed by atoms with Crippen LogP contribution in [0.1, 0.15) is 47.3 Å². The summed E-state index contributed by atoms with van der Waals surface area (Å²) in [7, 11) is 1.38. The standard InChI is InChI=1S/C31H34F3N7O3/c1-18(2)5-7-20-13-22(31(32,33)34)15-24(27(20)43-4)39-29(42)21-8-6-19(3)23(14-21)38-28-26-25(36-17-37-28)16-35-30(40-26)41-9-11-44-12-10-41/h6,8,13-18H,5,7,9-12H2,1-4H3,(H,39,42)(H,36,37,38). The molecule has 2 N–H and O–H groups in total. The summed E-state index contributed by atoms with van der Waals surface area (Å²) >= 11 is 0. The highest BCUT2D eigenvalue weighted by molar-refractivity contribution is 6.06. The Kier molecular flexibility index (Phi) is 9.14. The van der Waals surface area contributed by atoms with Crippen LogP contribution in [0, 0.1) is 12.8 Å². The molecule has 1 aliphatic rings. The summed E-state index contributed by atoms with van der Waals surface area (Å²) in [6.07, 6.45) is -0.533. The SMILES string of the molecule is COc1c(CCC(C)C)cc(C(F)(F)F)cc1NC(=O)c1ccc(C)c(Nc2ncnc3cnc(N4CCOCC4)nc23)c1. The van der Waals surface area contributed by atoms with Crippen LogP contribution in [0.25, 0.3) is 11.0 Å². The number of anilines is 4. The maximum absolute atomic E-state index is 13.8. The average Bonchev–Trinajstić information content (AvgIpc) is 3.00. The third-order valence-electron chi connectivity index (χ3n) is 7.35. The van der Waals surface area contributed by atoms with E-state index in [0.717, 1.165) is 17.7 Å². The van der Waals surface area contributed by atoms with Crippen LogP contribution in [-0.2, 0) is 17.3 Å². The monoisotopic (exact) mass is 609 g/mol. The minimum absolute atomic E-state index is 0.0460. The van der Waals surface area contributed by atoms with Gasteiger partial charge in [-0.15, -0.1) is 0 Å². The number of alkyl halides is 3. The van der Waals surface area contributed by atoms with Crippen LogP contribution in [0.3, 0.4) is 0 Å². The quantitative estimate of drug-likeness (QED) is 0.230. The van der Waals surface area contributed by atoms with Crippen molar-refractivity contribution >= 4 is 40.1 Å². The van der Waals surface area contributed by atoms with E-state index in [9.17, 15) is 18.0 Å². The molecule has 4 aromatic rings. The molecule has 1 fully saturated rings. The predicted octanol–water partition coefficient (Wildman–Crippen LogP) is 6.18. The van der Waals surface area contributed by atoms with Crippen molar-refractivity contribution in [2.24, 2.45) is 5.92 Å². The van der Waals surface area contributed by atoms with Crippen LogP contribution < -0.4 is 20.3 Å². The highest BCUT2D eigenvalue weighted by Gasteiger charge is 2.33. The second kappa shape index (κ2) is 13.0. The lowest BCUT2D eigenvalue weighted by Crippen LogP contribution is -2.37. The van der Waals surface area contributed by atoms with Crippen molar-refractivity contribution in [3.8, 4) is 5.75 Å². The highest BCUT2D eigenvalue weighted by Crippen LogP contribution is 2.39. The number of ether oxygens (including phenoxy) is 2. The van der Waals surface area contributed by atoms with E-state index in [4.69, 9.17) is 14.5 Å². The van der Waals surface area contributed by atoms with Crippen molar-refractivity contribution in [1.82, 2.24) is 19.9 Å². The Hall–Kier alpha value is -4.52. The number of nitrogens with zero attached hydrogens (tertiary/aromatic N) is 5. The molecule has 0 atom stereocenters. The number of rotatable bonds is 9. The molecule has 44 heavy (non-hydrogen) atoms. The average molecular weight is 610 g/mol. The number of aromatic nitrogens is 4. The molecular weight excluding hydrogens is 575 g/mol. The van der Waals surface area contributed by atoms with Gasteiger partial charge in [0, 0.05) is 24.3 Å². The number of halogens is 3. The summed E-state index contributed by atoms with van der Waals surface area (Å²) in [4.78, 5) is 33.3. The molecule has 13 heteroatoms. The fourth-order valence-corrected chi connectivity index (χ4v) is 4.89. The van der Waals surface area contributed by atoms with Gasteiger partial charge in [0.2, 0.25) is 5.95 Å². The lowest BCUT2D eigenvalue weighted by atomic mass is 9.98. The number of amides is 1. The van der Waals surface area contributed by atoms with Gasteiger partial charge in [-0.2, -0.15) is 13.2 Å². The summed E-state index contributed by atoms with van der Waals surface area (Å²) in [5.74, 6) is 0.842. The van der Waals surface area contributed by atoms with Crippen molar-refractivity contribution in [3.05, 3.63) is 65.1 Å². The molecule has 3 heterocycles. The van der Waals surface area contributed by atoms with Crippen LogP contribution >= 0.6 is 0 Å². The highest BCUT2D eigenvalue weighted by atomic mass is 19.4. The van der Waals surface area contributed by atoms with E-state index in [1.807, 2.05) is 25.7 Å². The number of hydrogen-bond donors (Lipinski definition) is 2. The third kappa shape index (κ3) is 6.99. The maximum Gasteiger partial charge on any atom is 0.416 e. The molecule has 5 rings (SSSR count). The fraction of sp³-hybridized carbons (Fsp3) is 0.387. The second-order valence-electron chi connectivity index (χ2n) is 11.0. The summed E-state index contributed by atoms with van der Waals surface area (Å²) in [5.41, 5.74) is 2.12. The molecule has 10 nitrogen and oxygen atoms in total. The summed E-state index contributed by atoms with van der Waals surface area (Å²) in [6, 6.07) is 6.95. The Balaban J connectivity index is 1.44. The van der Waals surface area contributed by atoms with Gasteiger partial charge in [0.15, 0.2) is 5.82 Å². The number of fused-ring (bicyclic) bond motifs is 1. The molecule has 0 radical (unpaired) electrons. The Labute approximate surface area is 253 Å². The molecule has 0 spiro atoms. The van der Waals surface area contributed by atoms with Crippen LogP contribution in [0.4, 0.5) is 36.3 Å². The number of carbonyl (C=O) groups is 1. The van der Waals surface area contributed by atoms with E-state index in [2.05, 4.69) is 25.6 Å². The fourth-order valence-electron chi connectivity index (χ4n) is 4.89. The number of aryl methyl sites for hydroxylation is 2. The van der Waals surface area contributed by atoms with Gasteiger partial charge in [-0.05, 0) is 61.1 Å². The number of benzene rings is 2. The van der Waals surface area contributed by atoms with Crippen molar-refractivity contribution in [3.63, 3.8) is 0 Å². The van der Waals surface area contributed by atoms with Gasteiger partial charge in [0.1, 0.15) is 23.1 Å². The molecule has 2 aromatic carbocycles. The van der Waals surface area contributed by atoms with Crippen LogP contribution in [0.2, 0.25) is 0 Å². The van der Waals surface area contributed by atoms with E-state index in [-0.39, 0.29) is 22.9 Å². The molecule has 1 saturated heterocycles. The van der Waals surface area contributed by atoms with E-state index >= 15 is 0 Å². The van der Waals surface area contributed by atoms with E-state index < -0.39 is 17.6 Å². The summed E-state index contributed by atoms with van der Waals surface area (Å²) in [6.45, 7) is 8.33. The predicted molar refractivity (Wildman–Crippen MR) is 162 cm³/mol.